The third-order valence-electron chi connectivity index (χ3n) is 4.42. The molecule has 0 bridgehead atoms. The average Bonchev–Trinajstić information content (AvgIpc) is 2.96. The Labute approximate surface area is 157 Å². The highest BCUT2D eigenvalue weighted by Crippen LogP contribution is 2.28. The zero-order valence-corrected chi connectivity index (χ0v) is 16.1. The number of aromatic amines is 1. The molecule has 26 heavy (non-hydrogen) atoms. The highest BCUT2D eigenvalue weighted by Gasteiger charge is 2.33. The molecular weight excluding hydrogens is 376 g/mol. The van der Waals surface area contributed by atoms with Crippen molar-refractivity contribution in [2.24, 2.45) is 0 Å². The summed E-state index contributed by atoms with van der Waals surface area (Å²) in [6, 6.07) is 6.96. The van der Waals surface area contributed by atoms with E-state index < -0.39 is 10.0 Å². The van der Waals surface area contributed by atoms with Crippen molar-refractivity contribution in [1.82, 2.24) is 14.5 Å². The Morgan fingerprint density at radius 1 is 1.35 bits per heavy atom. The molecule has 1 fully saturated rings. The van der Waals surface area contributed by atoms with Crippen LogP contribution in [0.1, 0.15) is 29.8 Å². The van der Waals surface area contributed by atoms with Gasteiger partial charge in [-0.2, -0.15) is 14.7 Å². The fraction of sp³-hybridized carbons (Fsp3) is 0.412. The van der Waals surface area contributed by atoms with E-state index in [0.717, 1.165) is 0 Å². The maximum atomic E-state index is 12.9. The van der Waals surface area contributed by atoms with Crippen molar-refractivity contribution in [3.8, 4) is 11.8 Å². The van der Waals surface area contributed by atoms with Gasteiger partial charge < -0.3 is 4.74 Å². The number of aromatic nitrogens is 2. The predicted molar refractivity (Wildman–Crippen MR) is 96.6 cm³/mol. The Hall–Kier alpha value is -2.08. The standard InChI is InChI=1S/C17H19ClN4O3S/c1-11-17(12(2)21-20-11)26(23,24)22-7-5-15(6-8-22)25-16-4-3-14(18)9-13(16)10-19/h3-4,9,15H,5-8H2,1-2H3,(H,20,21). The second kappa shape index (κ2) is 7.27. The summed E-state index contributed by atoms with van der Waals surface area (Å²) in [6.45, 7) is 4.09. The van der Waals surface area contributed by atoms with Crippen molar-refractivity contribution in [1.29, 1.82) is 5.26 Å². The van der Waals surface area contributed by atoms with Gasteiger partial charge in [-0.1, -0.05) is 11.6 Å². The Balaban J connectivity index is 1.69. The lowest BCUT2D eigenvalue weighted by Crippen LogP contribution is -2.42. The van der Waals surface area contributed by atoms with E-state index >= 15 is 0 Å². The predicted octanol–water partition coefficient (Wildman–Crippen LogP) is 2.78. The summed E-state index contributed by atoms with van der Waals surface area (Å²) in [5.41, 5.74) is 1.39. The molecule has 0 aliphatic carbocycles. The third kappa shape index (κ3) is 3.56. The number of sulfonamides is 1. The fourth-order valence-corrected chi connectivity index (χ4v) is 5.09. The number of hydrogen-bond acceptors (Lipinski definition) is 5. The largest absolute Gasteiger partial charge is 0.489 e. The first-order chi connectivity index (χ1) is 12.3. The van der Waals surface area contributed by atoms with Crippen molar-refractivity contribution in [3.63, 3.8) is 0 Å². The summed E-state index contributed by atoms with van der Waals surface area (Å²) in [4.78, 5) is 0.251. The summed E-state index contributed by atoms with van der Waals surface area (Å²) in [7, 11) is -3.58. The van der Waals surface area contributed by atoms with Crippen molar-refractivity contribution in [2.75, 3.05) is 13.1 Å². The third-order valence-corrected chi connectivity index (χ3v) is 6.81. The minimum Gasteiger partial charge on any atom is -0.489 e. The van der Waals surface area contributed by atoms with Gasteiger partial charge >= 0.3 is 0 Å². The van der Waals surface area contributed by atoms with Gasteiger partial charge in [-0.15, -0.1) is 0 Å². The second-order valence-corrected chi connectivity index (χ2v) is 8.55. The number of nitrogens with zero attached hydrogens (tertiary/aromatic N) is 3. The molecule has 1 saturated heterocycles. The molecule has 0 spiro atoms. The van der Waals surface area contributed by atoms with Crippen molar-refractivity contribution < 1.29 is 13.2 Å². The smallest absolute Gasteiger partial charge is 0.246 e. The molecule has 1 aromatic carbocycles. The lowest BCUT2D eigenvalue weighted by atomic mass is 10.1. The van der Waals surface area contributed by atoms with Gasteiger partial charge in [0.2, 0.25) is 10.0 Å². The molecule has 2 aromatic rings. The van der Waals surface area contributed by atoms with Crippen molar-refractivity contribution in [3.05, 3.63) is 40.2 Å². The van der Waals surface area contributed by atoms with E-state index in [1.54, 1.807) is 32.0 Å². The number of aryl methyl sites for hydroxylation is 2. The number of nitrogens with one attached hydrogen (secondary N) is 1. The maximum absolute atomic E-state index is 12.9. The molecule has 1 aliphatic rings. The van der Waals surface area contributed by atoms with E-state index in [0.29, 0.717) is 53.7 Å². The molecule has 0 amide bonds. The van der Waals surface area contributed by atoms with Crippen molar-refractivity contribution >= 4 is 21.6 Å². The Morgan fingerprint density at radius 3 is 2.62 bits per heavy atom. The maximum Gasteiger partial charge on any atom is 0.246 e. The monoisotopic (exact) mass is 394 g/mol. The highest BCUT2D eigenvalue weighted by molar-refractivity contribution is 7.89. The van der Waals surface area contributed by atoms with Crippen LogP contribution in [0.15, 0.2) is 23.1 Å². The van der Waals surface area contributed by atoms with Gasteiger partial charge in [-0.3, -0.25) is 5.10 Å². The van der Waals surface area contributed by atoms with E-state index in [1.807, 2.05) is 0 Å². The molecule has 1 N–H and O–H groups in total. The summed E-state index contributed by atoms with van der Waals surface area (Å²) in [5.74, 6) is 0.472. The molecule has 0 saturated carbocycles. The number of nitriles is 1. The molecule has 138 valence electrons. The van der Waals surface area contributed by atoms with Crippen LogP contribution in [0.5, 0.6) is 5.75 Å². The summed E-state index contributed by atoms with van der Waals surface area (Å²) in [5, 5.41) is 16.4. The lowest BCUT2D eigenvalue weighted by molar-refractivity contribution is 0.134. The summed E-state index contributed by atoms with van der Waals surface area (Å²) >= 11 is 5.89. The first-order valence-electron chi connectivity index (χ1n) is 8.21. The Kier molecular flexibility index (Phi) is 5.23. The number of H-pyrrole nitrogens is 1. The van der Waals surface area contributed by atoms with Crippen LogP contribution in [-0.2, 0) is 10.0 Å². The first-order valence-corrected chi connectivity index (χ1v) is 10.0. The van der Waals surface area contributed by atoms with Gasteiger partial charge in [0.1, 0.15) is 22.8 Å². The zero-order chi connectivity index (χ0) is 18.9. The molecule has 1 aromatic heterocycles. The van der Waals surface area contributed by atoms with Crippen LogP contribution in [-0.4, -0.2) is 42.1 Å². The van der Waals surface area contributed by atoms with Gasteiger partial charge in [-0.05, 0) is 44.9 Å². The average molecular weight is 395 g/mol. The molecule has 0 atom stereocenters. The second-order valence-electron chi connectivity index (χ2n) is 6.24. The van der Waals surface area contributed by atoms with E-state index in [2.05, 4.69) is 16.3 Å². The van der Waals surface area contributed by atoms with Gasteiger partial charge in [0.05, 0.1) is 17.0 Å². The number of ether oxygens (including phenoxy) is 1. The van der Waals surface area contributed by atoms with E-state index in [1.165, 1.54) is 4.31 Å². The molecule has 3 rings (SSSR count). The van der Waals surface area contributed by atoms with Crippen LogP contribution >= 0.6 is 11.6 Å². The minimum absolute atomic E-state index is 0.152. The number of hydrogen-bond donors (Lipinski definition) is 1. The molecule has 0 radical (unpaired) electrons. The quantitative estimate of drug-likeness (QED) is 0.859. The fourth-order valence-electron chi connectivity index (χ4n) is 3.11. The highest BCUT2D eigenvalue weighted by atomic mass is 35.5. The molecular formula is C17H19ClN4O3S. The first kappa shape index (κ1) is 18.7. The van der Waals surface area contributed by atoms with Crippen molar-refractivity contribution in [2.45, 2.75) is 37.7 Å². The van der Waals surface area contributed by atoms with Crippen LogP contribution in [0.2, 0.25) is 5.02 Å². The number of rotatable bonds is 4. The lowest BCUT2D eigenvalue weighted by Gasteiger charge is -2.31. The molecule has 9 heteroatoms. The van der Waals surface area contributed by atoms with Crippen LogP contribution in [0.25, 0.3) is 0 Å². The van der Waals surface area contributed by atoms with Crippen LogP contribution in [0, 0.1) is 25.2 Å². The van der Waals surface area contributed by atoms with Gasteiger partial charge in [0, 0.05) is 18.1 Å². The van der Waals surface area contributed by atoms with Crippen LogP contribution in [0.4, 0.5) is 0 Å². The van der Waals surface area contributed by atoms with Gasteiger partial charge in [0.15, 0.2) is 0 Å². The van der Waals surface area contributed by atoms with E-state index in [9.17, 15) is 13.7 Å². The van der Waals surface area contributed by atoms with E-state index in [-0.39, 0.29) is 11.0 Å². The van der Waals surface area contributed by atoms with Gasteiger partial charge in [0.25, 0.3) is 0 Å². The van der Waals surface area contributed by atoms with Crippen LogP contribution < -0.4 is 4.74 Å². The number of benzene rings is 1. The molecule has 1 aliphatic heterocycles. The molecule has 0 unspecified atom stereocenters. The molecule has 2 heterocycles. The number of halogens is 1. The van der Waals surface area contributed by atoms with Crippen LogP contribution in [0.3, 0.4) is 0 Å². The summed E-state index contributed by atoms with van der Waals surface area (Å²) in [6.07, 6.45) is 0.937. The topological polar surface area (TPSA) is 99.1 Å². The minimum atomic E-state index is -3.58. The zero-order valence-electron chi connectivity index (χ0n) is 14.5. The molecule has 7 nitrogen and oxygen atoms in total. The Bertz CT molecular complexity index is 937. The summed E-state index contributed by atoms with van der Waals surface area (Å²) < 4.78 is 33.1. The van der Waals surface area contributed by atoms with Gasteiger partial charge in [-0.25, -0.2) is 8.42 Å². The normalized spacial score (nSPS) is 16.4. The SMILES string of the molecule is Cc1n[nH]c(C)c1S(=O)(=O)N1CCC(Oc2ccc(Cl)cc2C#N)CC1. The Morgan fingerprint density at radius 2 is 2.04 bits per heavy atom. The number of piperidine rings is 1. The van der Waals surface area contributed by atoms with E-state index in [4.69, 9.17) is 16.3 Å².